The summed E-state index contributed by atoms with van der Waals surface area (Å²) in [5.74, 6) is -1.22. The third-order valence-corrected chi connectivity index (χ3v) is 5.48. The first-order chi connectivity index (χ1) is 11.0. The largest absolute Gasteiger partial charge is 0.481 e. The number of rotatable bonds is 3. The van der Waals surface area contributed by atoms with Crippen LogP contribution in [0.2, 0.25) is 0 Å². The number of aromatic nitrogens is 1. The molecule has 3 rings (SSSR count). The molecule has 2 heterocycles. The molecule has 2 aliphatic rings. The molecule has 1 unspecified atom stereocenters. The zero-order valence-electron chi connectivity index (χ0n) is 14.0. The Morgan fingerprint density at radius 3 is 2.43 bits per heavy atom. The van der Waals surface area contributed by atoms with Crippen LogP contribution >= 0.6 is 0 Å². The van der Waals surface area contributed by atoms with Crippen LogP contribution in [0.25, 0.3) is 0 Å². The van der Waals surface area contributed by atoms with Crippen molar-refractivity contribution in [1.29, 1.82) is 0 Å². The number of hydrogen-bond acceptors (Lipinski definition) is 2. The average molecular weight is 318 g/mol. The maximum absolute atomic E-state index is 12.8. The van der Waals surface area contributed by atoms with Crippen LogP contribution in [0.4, 0.5) is 0 Å². The van der Waals surface area contributed by atoms with E-state index in [1.54, 1.807) is 4.90 Å². The van der Waals surface area contributed by atoms with Crippen molar-refractivity contribution >= 4 is 11.9 Å². The van der Waals surface area contributed by atoms with Crippen LogP contribution in [0.5, 0.6) is 0 Å². The minimum atomic E-state index is -0.798. The van der Waals surface area contributed by atoms with Crippen LogP contribution in [-0.4, -0.2) is 39.5 Å². The van der Waals surface area contributed by atoms with Gasteiger partial charge in [-0.25, -0.2) is 0 Å². The van der Waals surface area contributed by atoms with Gasteiger partial charge in [0.1, 0.15) is 0 Å². The lowest BCUT2D eigenvalue weighted by atomic mass is 9.95. The first-order valence-corrected chi connectivity index (χ1v) is 8.69. The van der Waals surface area contributed by atoms with Crippen molar-refractivity contribution in [3.8, 4) is 0 Å². The van der Waals surface area contributed by atoms with Crippen molar-refractivity contribution in [2.75, 3.05) is 13.1 Å². The van der Waals surface area contributed by atoms with E-state index < -0.39 is 11.9 Å². The molecule has 1 aliphatic carbocycles. The zero-order valence-corrected chi connectivity index (χ0v) is 14.0. The van der Waals surface area contributed by atoms with Crippen molar-refractivity contribution < 1.29 is 14.7 Å². The summed E-state index contributed by atoms with van der Waals surface area (Å²) in [4.78, 5) is 25.6. The van der Waals surface area contributed by atoms with E-state index >= 15 is 0 Å². The smallest absolute Gasteiger partial charge is 0.308 e. The fourth-order valence-electron chi connectivity index (χ4n) is 4.21. The second-order valence-electron chi connectivity index (χ2n) is 7.02. The average Bonchev–Trinajstić information content (AvgIpc) is 3.13. The summed E-state index contributed by atoms with van der Waals surface area (Å²) in [7, 11) is 0. The first-order valence-electron chi connectivity index (χ1n) is 8.69. The molecule has 1 saturated carbocycles. The fourth-order valence-corrected chi connectivity index (χ4v) is 4.21. The molecule has 0 radical (unpaired) electrons. The number of aryl methyl sites for hydroxylation is 1. The third kappa shape index (κ3) is 3.01. The van der Waals surface area contributed by atoms with Gasteiger partial charge in [-0.05, 0) is 39.2 Å². The summed E-state index contributed by atoms with van der Waals surface area (Å²) in [6, 6.07) is 2.50. The predicted octanol–water partition coefficient (Wildman–Crippen LogP) is 3.16. The summed E-state index contributed by atoms with van der Waals surface area (Å²) in [5.41, 5.74) is 2.93. The molecule has 5 nitrogen and oxygen atoms in total. The number of nitrogens with zero attached hydrogens (tertiary/aromatic N) is 2. The molecule has 126 valence electrons. The molecule has 0 aromatic carbocycles. The number of carbonyl (C=O) groups excluding carboxylic acids is 1. The van der Waals surface area contributed by atoms with E-state index in [-0.39, 0.29) is 5.91 Å². The Morgan fingerprint density at radius 1 is 1.13 bits per heavy atom. The Kier molecular flexibility index (Phi) is 4.46. The van der Waals surface area contributed by atoms with Gasteiger partial charge in [0.15, 0.2) is 0 Å². The third-order valence-electron chi connectivity index (χ3n) is 5.48. The van der Waals surface area contributed by atoms with E-state index in [4.69, 9.17) is 5.11 Å². The minimum absolute atomic E-state index is 0.0103. The molecule has 1 saturated heterocycles. The Hall–Kier alpha value is -1.78. The van der Waals surface area contributed by atoms with Crippen LogP contribution in [-0.2, 0) is 4.79 Å². The highest BCUT2D eigenvalue weighted by Gasteiger charge is 2.33. The summed E-state index contributed by atoms with van der Waals surface area (Å²) >= 11 is 0. The lowest BCUT2D eigenvalue weighted by molar-refractivity contribution is -0.141. The van der Waals surface area contributed by atoms with Gasteiger partial charge >= 0.3 is 5.97 Å². The Balaban J connectivity index is 1.80. The number of carboxylic acid groups (broad SMARTS) is 1. The number of aliphatic carboxylic acids is 1. The molecule has 1 N–H and O–H groups in total. The van der Waals surface area contributed by atoms with Gasteiger partial charge in [0, 0.05) is 30.5 Å². The topological polar surface area (TPSA) is 62.5 Å². The van der Waals surface area contributed by atoms with Crippen molar-refractivity contribution in [3.63, 3.8) is 0 Å². The van der Waals surface area contributed by atoms with Crippen LogP contribution < -0.4 is 0 Å². The van der Waals surface area contributed by atoms with Gasteiger partial charge in [0.05, 0.1) is 11.5 Å². The van der Waals surface area contributed by atoms with E-state index in [0.717, 1.165) is 17.0 Å². The molecule has 5 heteroatoms. The van der Waals surface area contributed by atoms with Gasteiger partial charge < -0.3 is 14.6 Å². The lowest BCUT2D eigenvalue weighted by Gasteiger charge is -2.26. The predicted molar refractivity (Wildman–Crippen MR) is 87.7 cm³/mol. The Bertz CT molecular complexity index is 614. The van der Waals surface area contributed by atoms with E-state index in [0.29, 0.717) is 25.6 Å². The first kappa shape index (κ1) is 16.1. The number of likely N-dealkylation sites (tertiary alicyclic amines) is 1. The zero-order chi connectivity index (χ0) is 16.6. The van der Waals surface area contributed by atoms with E-state index in [1.807, 2.05) is 13.0 Å². The Labute approximate surface area is 137 Å². The van der Waals surface area contributed by atoms with Crippen molar-refractivity contribution in [3.05, 3.63) is 23.0 Å². The molecular formula is C18H26N2O3. The van der Waals surface area contributed by atoms with E-state index in [9.17, 15) is 9.59 Å². The Morgan fingerprint density at radius 2 is 1.83 bits per heavy atom. The number of carboxylic acids is 1. The summed E-state index contributed by atoms with van der Waals surface area (Å²) < 4.78 is 2.33. The van der Waals surface area contributed by atoms with Crippen LogP contribution in [0.3, 0.4) is 0 Å². The fraction of sp³-hybridized carbons (Fsp3) is 0.667. The highest BCUT2D eigenvalue weighted by Crippen LogP contribution is 2.33. The summed E-state index contributed by atoms with van der Waals surface area (Å²) in [6.07, 6.45) is 6.77. The molecule has 0 spiro atoms. The van der Waals surface area contributed by atoms with Crippen molar-refractivity contribution in [1.82, 2.24) is 9.47 Å². The monoisotopic (exact) mass is 318 g/mol. The highest BCUT2D eigenvalue weighted by molar-refractivity contribution is 5.96. The second-order valence-corrected chi connectivity index (χ2v) is 7.02. The van der Waals surface area contributed by atoms with Gasteiger partial charge in [0.2, 0.25) is 0 Å². The van der Waals surface area contributed by atoms with Gasteiger partial charge in [-0.3, -0.25) is 9.59 Å². The van der Waals surface area contributed by atoms with Crippen LogP contribution in [0, 0.1) is 19.8 Å². The molecule has 1 amide bonds. The maximum atomic E-state index is 12.8. The molecule has 2 fully saturated rings. The van der Waals surface area contributed by atoms with Gasteiger partial charge in [0.25, 0.3) is 5.91 Å². The second kappa shape index (κ2) is 6.38. The number of amides is 1. The summed E-state index contributed by atoms with van der Waals surface area (Å²) in [6.45, 7) is 4.98. The molecule has 0 bridgehead atoms. The molecule has 1 aromatic heterocycles. The molecule has 1 aromatic rings. The maximum Gasteiger partial charge on any atom is 0.308 e. The molecular weight excluding hydrogens is 292 g/mol. The quantitative estimate of drug-likeness (QED) is 0.931. The van der Waals surface area contributed by atoms with Gasteiger partial charge in [-0.2, -0.15) is 0 Å². The lowest BCUT2D eigenvalue weighted by Crippen LogP contribution is -2.30. The van der Waals surface area contributed by atoms with Crippen molar-refractivity contribution in [2.45, 2.75) is 58.4 Å². The highest BCUT2D eigenvalue weighted by atomic mass is 16.4. The molecule has 23 heavy (non-hydrogen) atoms. The van der Waals surface area contributed by atoms with Crippen molar-refractivity contribution in [2.24, 2.45) is 5.92 Å². The van der Waals surface area contributed by atoms with Gasteiger partial charge in [-0.1, -0.05) is 19.3 Å². The molecule has 1 aliphatic heterocycles. The standard InChI is InChI=1S/C18H26N2O3/c1-12-10-16(13(2)20(12)15-6-4-3-5-7-15)17(21)19-9-8-14(11-19)18(22)23/h10,14-15H,3-9,11H2,1-2H3,(H,22,23). The SMILES string of the molecule is Cc1cc(C(=O)N2CCC(C(=O)O)C2)c(C)n1C1CCCCC1. The van der Waals surface area contributed by atoms with Crippen LogP contribution in [0.15, 0.2) is 6.07 Å². The normalized spacial score (nSPS) is 22.5. The minimum Gasteiger partial charge on any atom is -0.481 e. The van der Waals surface area contributed by atoms with Gasteiger partial charge in [-0.15, -0.1) is 0 Å². The molecule has 1 atom stereocenters. The van der Waals surface area contributed by atoms with Crippen LogP contribution in [0.1, 0.15) is 66.3 Å². The number of hydrogen-bond donors (Lipinski definition) is 1. The summed E-state index contributed by atoms with van der Waals surface area (Å²) in [5, 5.41) is 9.11. The van der Waals surface area contributed by atoms with E-state index in [1.165, 1.54) is 32.1 Å². The number of carbonyl (C=O) groups is 2. The van der Waals surface area contributed by atoms with E-state index in [2.05, 4.69) is 11.5 Å².